The predicted molar refractivity (Wildman–Crippen MR) is 73.4 cm³/mol. The van der Waals surface area contributed by atoms with Crippen molar-refractivity contribution < 1.29 is 4.92 Å². The Morgan fingerprint density at radius 3 is 2.16 bits per heavy atom. The van der Waals surface area contributed by atoms with Gasteiger partial charge in [0, 0.05) is 23.8 Å². The lowest BCUT2D eigenvalue weighted by molar-refractivity contribution is -0.384. The number of hydrogen-bond acceptors (Lipinski definition) is 6. The third kappa shape index (κ3) is 4.23. The summed E-state index contributed by atoms with van der Waals surface area (Å²) < 4.78 is 0. The maximum atomic E-state index is 10.3. The van der Waals surface area contributed by atoms with Crippen molar-refractivity contribution >= 4 is 17.1 Å². The van der Waals surface area contributed by atoms with Gasteiger partial charge in [0.1, 0.15) is 11.4 Å². The van der Waals surface area contributed by atoms with Crippen LogP contribution in [0.25, 0.3) is 0 Å². The maximum Gasteiger partial charge on any atom is 0.313 e. The monoisotopic (exact) mass is 261 g/mol. The van der Waals surface area contributed by atoms with E-state index in [1.165, 1.54) is 12.3 Å². The molecule has 19 heavy (non-hydrogen) atoms. The summed E-state index contributed by atoms with van der Waals surface area (Å²) in [6.45, 7) is 3.46. The van der Waals surface area contributed by atoms with Crippen molar-refractivity contribution in [2.75, 3.05) is 11.5 Å². The highest BCUT2D eigenvalue weighted by Crippen LogP contribution is 2.22. The summed E-state index contributed by atoms with van der Waals surface area (Å²) in [6, 6.07) is 5.01. The van der Waals surface area contributed by atoms with Crippen molar-refractivity contribution in [2.45, 2.75) is 13.8 Å². The fraction of sp³-hybridized carbons (Fsp3) is 0.167. The molecule has 0 aliphatic heterocycles. The number of nitrogens with two attached hydrogens (primary N) is 2. The number of hydrogen-bond donors (Lipinski definition) is 2. The molecule has 0 unspecified atom stereocenters. The van der Waals surface area contributed by atoms with Gasteiger partial charge in [-0.15, -0.1) is 0 Å². The number of pyridine rings is 2. The maximum absolute atomic E-state index is 10.3. The fourth-order valence-corrected chi connectivity index (χ4v) is 1.38. The van der Waals surface area contributed by atoms with Crippen LogP contribution in [0.1, 0.15) is 11.4 Å². The molecule has 0 radical (unpaired) electrons. The van der Waals surface area contributed by atoms with E-state index in [1.54, 1.807) is 19.2 Å². The van der Waals surface area contributed by atoms with Crippen LogP contribution < -0.4 is 11.5 Å². The summed E-state index contributed by atoms with van der Waals surface area (Å²) in [6.07, 6.45) is 3.14. The fourth-order valence-electron chi connectivity index (χ4n) is 1.38. The van der Waals surface area contributed by atoms with Crippen LogP contribution in [0.5, 0.6) is 0 Å². The van der Waals surface area contributed by atoms with Crippen LogP contribution in [-0.2, 0) is 0 Å². The third-order valence-electron chi connectivity index (χ3n) is 2.24. The molecule has 0 aromatic carbocycles. The van der Waals surface area contributed by atoms with Crippen LogP contribution in [0, 0.1) is 24.0 Å². The van der Waals surface area contributed by atoms with Crippen molar-refractivity contribution in [1.82, 2.24) is 9.97 Å². The molecule has 0 aliphatic carbocycles. The van der Waals surface area contributed by atoms with Crippen molar-refractivity contribution in [3.05, 3.63) is 52.1 Å². The van der Waals surface area contributed by atoms with Gasteiger partial charge in [0.15, 0.2) is 0 Å². The molecule has 7 nitrogen and oxygen atoms in total. The predicted octanol–water partition coefficient (Wildman–Crippen LogP) is 1.85. The number of aryl methyl sites for hydroxylation is 2. The molecule has 0 saturated heterocycles. The molecule has 0 bridgehead atoms. The molecule has 0 spiro atoms. The normalized spacial score (nSPS) is 9.37. The first-order valence-electron chi connectivity index (χ1n) is 5.45. The zero-order valence-corrected chi connectivity index (χ0v) is 10.7. The van der Waals surface area contributed by atoms with Crippen molar-refractivity contribution in [3.63, 3.8) is 0 Å². The molecule has 7 heteroatoms. The molecule has 2 aromatic rings. The smallest absolute Gasteiger partial charge is 0.313 e. The summed E-state index contributed by atoms with van der Waals surface area (Å²) in [7, 11) is 0. The number of aromatic nitrogens is 2. The molecule has 0 saturated carbocycles. The molecular formula is C12H15N5O2. The van der Waals surface area contributed by atoms with Gasteiger partial charge in [-0.05, 0) is 32.0 Å². The zero-order chi connectivity index (χ0) is 14.4. The second kappa shape index (κ2) is 6.29. The van der Waals surface area contributed by atoms with Gasteiger partial charge in [-0.25, -0.2) is 0 Å². The molecule has 100 valence electrons. The minimum Gasteiger partial charge on any atom is -0.399 e. The van der Waals surface area contributed by atoms with Crippen molar-refractivity contribution in [2.24, 2.45) is 0 Å². The van der Waals surface area contributed by atoms with Crippen LogP contribution in [-0.4, -0.2) is 14.9 Å². The summed E-state index contributed by atoms with van der Waals surface area (Å²) in [5.41, 5.74) is 12.9. The number of rotatable bonds is 1. The molecule has 2 aromatic heterocycles. The van der Waals surface area contributed by atoms with Crippen molar-refractivity contribution in [1.29, 1.82) is 0 Å². The van der Waals surface area contributed by atoms with E-state index in [4.69, 9.17) is 11.5 Å². The van der Waals surface area contributed by atoms with Gasteiger partial charge in [-0.2, -0.15) is 0 Å². The lowest BCUT2D eigenvalue weighted by atomic mass is 10.3. The highest BCUT2D eigenvalue weighted by Gasteiger charge is 2.14. The first-order valence-corrected chi connectivity index (χ1v) is 5.45. The van der Waals surface area contributed by atoms with E-state index in [1.807, 2.05) is 13.0 Å². The van der Waals surface area contributed by atoms with E-state index < -0.39 is 4.92 Å². The van der Waals surface area contributed by atoms with Crippen molar-refractivity contribution in [3.8, 4) is 0 Å². The Balaban J connectivity index is 0.000000200. The first-order chi connectivity index (χ1) is 8.91. The van der Waals surface area contributed by atoms with E-state index >= 15 is 0 Å². The van der Waals surface area contributed by atoms with Gasteiger partial charge in [-0.3, -0.25) is 20.1 Å². The third-order valence-corrected chi connectivity index (χ3v) is 2.24. The lowest BCUT2D eigenvalue weighted by Crippen LogP contribution is -1.99. The Kier molecular flexibility index (Phi) is 4.76. The Labute approximate surface area is 110 Å². The van der Waals surface area contributed by atoms with Crippen LogP contribution in [0.3, 0.4) is 0 Å². The highest BCUT2D eigenvalue weighted by molar-refractivity contribution is 5.59. The van der Waals surface area contributed by atoms with E-state index in [0.717, 1.165) is 11.4 Å². The van der Waals surface area contributed by atoms with Gasteiger partial charge < -0.3 is 11.5 Å². The van der Waals surface area contributed by atoms with Crippen LogP contribution in [0.15, 0.2) is 30.6 Å². The molecule has 2 heterocycles. The van der Waals surface area contributed by atoms with Gasteiger partial charge in [0.25, 0.3) is 0 Å². The van der Waals surface area contributed by atoms with E-state index in [0.29, 0.717) is 5.69 Å². The van der Waals surface area contributed by atoms with Gasteiger partial charge in [-0.1, -0.05) is 0 Å². The van der Waals surface area contributed by atoms with E-state index in [2.05, 4.69) is 9.97 Å². The van der Waals surface area contributed by atoms with Gasteiger partial charge in [0.2, 0.25) is 0 Å². The SMILES string of the molecule is Cc1cc(N)ccn1.Cc1nccc(N)c1[N+](=O)[O-]. The number of anilines is 2. The number of nitrogen functional groups attached to an aromatic ring is 2. The standard InChI is InChI=1S/C6H7N3O2.C6H8N2/c1-4-6(9(10)11)5(7)2-3-8-4;1-5-4-6(7)2-3-8-5/h2-3H,1H3,(H2,7,8);2-4H,1H3,(H2,7,8). The molecule has 0 amide bonds. The average Bonchev–Trinajstić information content (AvgIpc) is 2.28. The zero-order valence-electron chi connectivity index (χ0n) is 10.7. The molecular weight excluding hydrogens is 246 g/mol. The Bertz CT molecular complexity index is 549. The minimum absolute atomic E-state index is 0.104. The molecule has 0 atom stereocenters. The lowest BCUT2D eigenvalue weighted by Gasteiger charge is -1.97. The highest BCUT2D eigenvalue weighted by atomic mass is 16.6. The second-order valence-electron chi connectivity index (χ2n) is 3.82. The second-order valence-corrected chi connectivity index (χ2v) is 3.82. The molecule has 0 fully saturated rings. The summed E-state index contributed by atoms with van der Waals surface area (Å²) >= 11 is 0. The summed E-state index contributed by atoms with van der Waals surface area (Å²) in [5, 5.41) is 10.3. The Morgan fingerprint density at radius 1 is 1.16 bits per heavy atom. The quantitative estimate of drug-likeness (QED) is 0.596. The van der Waals surface area contributed by atoms with Gasteiger partial charge >= 0.3 is 5.69 Å². The molecule has 4 N–H and O–H groups in total. The van der Waals surface area contributed by atoms with E-state index in [9.17, 15) is 10.1 Å². The average molecular weight is 261 g/mol. The minimum atomic E-state index is -0.530. The van der Waals surface area contributed by atoms with Crippen LogP contribution >= 0.6 is 0 Å². The largest absolute Gasteiger partial charge is 0.399 e. The molecule has 2 rings (SSSR count). The van der Waals surface area contributed by atoms with Crippen LogP contribution in [0.2, 0.25) is 0 Å². The first kappa shape index (κ1) is 14.4. The Morgan fingerprint density at radius 2 is 1.79 bits per heavy atom. The number of nitrogens with zero attached hydrogens (tertiary/aromatic N) is 3. The summed E-state index contributed by atoms with van der Waals surface area (Å²) in [5.74, 6) is 0. The summed E-state index contributed by atoms with van der Waals surface area (Å²) in [4.78, 5) is 17.5. The molecule has 0 aliphatic rings. The van der Waals surface area contributed by atoms with E-state index in [-0.39, 0.29) is 11.4 Å². The number of nitro groups is 1. The Hall–Kier alpha value is -2.70. The van der Waals surface area contributed by atoms with Gasteiger partial charge in [0.05, 0.1) is 4.92 Å². The topological polar surface area (TPSA) is 121 Å². The van der Waals surface area contributed by atoms with Crippen LogP contribution in [0.4, 0.5) is 17.1 Å².